The lowest BCUT2D eigenvalue weighted by molar-refractivity contribution is -0.118. The Morgan fingerprint density at radius 1 is 1.12 bits per heavy atom. The Labute approximate surface area is 143 Å². The first-order valence-corrected chi connectivity index (χ1v) is 10.6. The molecule has 0 N–H and O–H groups in total. The van der Waals surface area contributed by atoms with E-state index in [1.54, 1.807) is 4.90 Å². The molecule has 1 aromatic rings. The van der Waals surface area contributed by atoms with E-state index in [0.717, 1.165) is 29.9 Å². The molecule has 2 fully saturated rings. The molecule has 3 aliphatic rings. The minimum absolute atomic E-state index is 0.145. The number of sulfone groups is 1. The van der Waals surface area contributed by atoms with E-state index in [2.05, 4.69) is 17.9 Å². The van der Waals surface area contributed by atoms with Gasteiger partial charge in [-0.15, -0.1) is 0 Å². The van der Waals surface area contributed by atoms with Crippen LogP contribution in [-0.4, -0.2) is 44.5 Å². The van der Waals surface area contributed by atoms with Gasteiger partial charge in [-0.2, -0.15) is 0 Å². The highest BCUT2D eigenvalue weighted by molar-refractivity contribution is 7.92. The molecule has 1 saturated carbocycles. The predicted molar refractivity (Wildman–Crippen MR) is 95.3 cm³/mol. The van der Waals surface area contributed by atoms with Crippen LogP contribution in [0.5, 0.6) is 0 Å². The lowest BCUT2D eigenvalue weighted by Crippen LogP contribution is -2.51. The van der Waals surface area contributed by atoms with Crippen LogP contribution < -0.4 is 9.80 Å². The second kappa shape index (κ2) is 5.76. The zero-order valence-corrected chi connectivity index (χ0v) is 14.9. The minimum Gasteiger partial charge on any atom is -0.365 e. The normalized spacial score (nSPS) is 26.1. The van der Waals surface area contributed by atoms with Gasteiger partial charge in [-0.05, 0) is 44.2 Å². The van der Waals surface area contributed by atoms with Gasteiger partial charge in [0.15, 0.2) is 9.84 Å². The smallest absolute Gasteiger partial charge is 0.245 e. The third kappa shape index (κ3) is 2.61. The first kappa shape index (κ1) is 15.9. The van der Waals surface area contributed by atoms with Crippen molar-refractivity contribution in [1.29, 1.82) is 0 Å². The highest BCUT2D eigenvalue weighted by Gasteiger charge is 2.41. The summed E-state index contributed by atoms with van der Waals surface area (Å²) < 4.78 is 24.7. The zero-order chi connectivity index (χ0) is 16.9. The van der Waals surface area contributed by atoms with E-state index >= 15 is 0 Å². The molecule has 1 aromatic carbocycles. The summed E-state index contributed by atoms with van der Waals surface area (Å²) in [5.41, 5.74) is 3.16. The Kier molecular flexibility index (Phi) is 3.82. The molecule has 24 heavy (non-hydrogen) atoms. The first-order valence-electron chi connectivity index (χ1n) is 8.88. The first-order chi connectivity index (χ1) is 11.5. The molecule has 0 radical (unpaired) electrons. The standard InChI is InChI=1S/C18H24N2O3S/c1-13-5-4-6-15-17(13)19(14-8-9-14)10-11-20(15)18(21)16-7-2-3-12-24(16,22)23/h4-6,14,16H,2-3,7-12H2,1H3. The summed E-state index contributed by atoms with van der Waals surface area (Å²) in [5.74, 6) is -0.0800. The number of carbonyl (C=O) groups excluding carboxylic acids is 1. The number of rotatable bonds is 2. The summed E-state index contributed by atoms with van der Waals surface area (Å²) in [6.45, 7) is 3.44. The number of amides is 1. The molecule has 1 saturated heterocycles. The molecule has 1 unspecified atom stereocenters. The zero-order valence-electron chi connectivity index (χ0n) is 14.1. The van der Waals surface area contributed by atoms with Gasteiger partial charge in [0.05, 0.1) is 17.1 Å². The van der Waals surface area contributed by atoms with Crippen LogP contribution >= 0.6 is 0 Å². The van der Waals surface area contributed by atoms with E-state index < -0.39 is 15.1 Å². The molecular weight excluding hydrogens is 324 g/mol. The molecule has 130 valence electrons. The van der Waals surface area contributed by atoms with Crippen LogP contribution in [0.2, 0.25) is 0 Å². The number of carbonyl (C=O) groups is 1. The molecule has 1 atom stereocenters. The van der Waals surface area contributed by atoms with Crippen LogP contribution in [0.15, 0.2) is 18.2 Å². The van der Waals surface area contributed by atoms with Gasteiger partial charge in [0.25, 0.3) is 0 Å². The summed E-state index contributed by atoms with van der Waals surface area (Å²) in [6, 6.07) is 6.57. The van der Waals surface area contributed by atoms with Gasteiger partial charge in [0.1, 0.15) is 5.25 Å². The van der Waals surface area contributed by atoms with Gasteiger partial charge in [-0.3, -0.25) is 4.79 Å². The van der Waals surface area contributed by atoms with Gasteiger partial charge in [0, 0.05) is 19.1 Å². The average molecular weight is 348 g/mol. The fourth-order valence-electron chi connectivity index (χ4n) is 4.06. The van der Waals surface area contributed by atoms with E-state index in [-0.39, 0.29) is 11.7 Å². The van der Waals surface area contributed by atoms with Crippen LogP contribution in [0.25, 0.3) is 0 Å². The Morgan fingerprint density at radius 2 is 1.92 bits per heavy atom. The van der Waals surface area contributed by atoms with Gasteiger partial charge >= 0.3 is 0 Å². The second-order valence-electron chi connectivity index (χ2n) is 7.21. The number of para-hydroxylation sites is 1. The third-order valence-corrected chi connectivity index (χ3v) is 7.63. The van der Waals surface area contributed by atoms with Crippen molar-refractivity contribution in [2.45, 2.75) is 50.3 Å². The van der Waals surface area contributed by atoms with E-state index in [0.29, 0.717) is 25.4 Å². The molecule has 0 aromatic heterocycles. The highest BCUT2D eigenvalue weighted by atomic mass is 32.2. The summed E-state index contributed by atoms with van der Waals surface area (Å²) in [7, 11) is -3.31. The maximum Gasteiger partial charge on any atom is 0.245 e. The molecule has 4 rings (SSSR count). The SMILES string of the molecule is Cc1cccc2c1N(C1CC1)CCN2C(=O)C1CCCCS1(=O)=O. The maximum atomic E-state index is 13.1. The molecule has 2 aliphatic heterocycles. The van der Waals surface area contributed by atoms with Crippen LogP contribution in [0, 0.1) is 6.92 Å². The Morgan fingerprint density at radius 3 is 2.62 bits per heavy atom. The Balaban J connectivity index is 1.70. The molecule has 6 heteroatoms. The lowest BCUT2D eigenvalue weighted by Gasteiger charge is -2.40. The molecule has 0 bridgehead atoms. The van der Waals surface area contributed by atoms with Crippen LogP contribution in [0.1, 0.15) is 37.7 Å². The van der Waals surface area contributed by atoms with Gasteiger partial charge < -0.3 is 9.80 Å². The monoisotopic (exact) mass is 348 g/mol. The summed E-state index contributed by atoms with van der Waals surface area (Å²) in [4.78, 5) is 17.2. The number of aryl methyl sites for hydroxylation is 1. The Bertz CT molecular complexity index is 770. The van der Waals surface area contributed by atoms with Crippen molar-refractivity contribution >= 4 is 27.1 Å². The quantitative estimate of drug-likeness (QED) is 0.823. The molecule has 1 amide bonds. The number of benzene rings is 1. The molecule has 5 nitrogen and oxygen atoms in total. The predicted octanol–water partition coefficient (Wildman–Crippen LogP) is 2.28. The summed E-state index contributed by atoms with van der Waals surface area (Å²) in [6.07, 6.45) is 4.37. The minimum atomic E-state index is -3.31. The molecule has 2 heterocycles. The summed E-state index contributed by atoms with van der Waals surface area (Å²) >= 11 is 0. The number of fused-ring (bicyclic) bond motifs is 1. The topological polar surface area (TPSA) is 57.7 Å². The fraction of sp³-hybridized carbons (Fsp3) is 0.611. The maximum absolute atomic E-state index is 13.1. The van der Waals surface area contributed by atoms with Crippen LogP contribution in [0.4, 0.5) is 11.4 Å². The lowest BCUT2D eigenvalue weighted by atomic mass is 10.1. The largest absolute Gasteiger partial charge is 0.365 e. The van der Waals surface area contributed by atoms with E-state index in [9.17, 15) is 13.2 Å². The van der Waals surface area contributed by atoms with Crippen molar-refractivity contribution in [1.82, 2.24) is 0 Å². The van der Waals surface area contributed by atoms with Crippen molar-refractivity contribution < 1.29 is 13.2 Å². The molecule has 0 spiro atoms. The van der Waals surface area contributed by atoms with Crippen LogP contribution in [-0.2, 0) is 14.6 Å². The van der Waals surface area contributed by atoms with Crippen molar-refractivity contribution in [2.24, 2.45) is 0 Å². The van der Waals surface area contributed by atoms with Gasteiger partial charge in [-0.25, -0.2) is 8.42 Å². The number of nitrogens with zero attached hydrogens (tertiary/aromatic N) is 2. The van der Waals surface area contributed by atoms with Gasteiger partial charge in [-0.1, -0.05) is 18.6 Å². The highest BCUT2D eigenvalue weighted by Crippen LogP contribution is 2.42. The number of anilines is 2. The fourth-order valence-corrected chi connectivity index (χ4v) is 5.91. The van der Waals surface area contributed by atoms with Crippen molar-refractivity contribution in [2.75, 3.05) is 28.6 Å². The van der Waals surface area contributed by atoms with Crippen molar-refractivity contribution in [3.63, 3.8) is 0 Å². The van der Waals surface area contributed by atoms with E-state index in [1.807, 2.05) is 12.1 Å². The summed E-state index contributed by atoms with van der Waals surface area (Å²) in [5, 5.41) is -0.855. The number of hydrogen-bond acceptors (Lipinski definition) is 4. The van der Waals surface area contributed by atoms with Crippen molar-refractivity contribution in [3.8, 4) is 0 Å². The van der Waals surface area contributed by atoms with Crippen molar-refractivity contribution in [3.05, 3.63) is 23.8 Å². The third-order valence-electron chi connectivity index (χ3n) is 5.47. The molecule has 1 aliphatic carbocycles. The second-order valence-corrected chi connectivity index (χ2v) is 9.51. The van der Waals surface area contributed by atoms with Gasteiger partial charge in [0.2, 0.25) is 5.91 Å². The van der Waals surface area contributed by atoms with E-state index in [4.69, 9.17) is 0 Å². The van der Waals surface area contributed by atoms with E-state index in [1.165, 1.54) is 12.8 Å². The molecular formula is C18H24N2O3S. The number of hydrogen-bond donors (Lipinski definition) is 0. The average Bonchev–Trinajstić information content (AvgIpc) is 3.38. The van der Waals surface area contributed by atoms with Crippen LogP contribution in [0.3, 0.4) is 0 Å². The Hall–Kier alpha value is -1.56.